The van der Waals surface area contributed by atoms with Crippen LogP contribution >= 0.6 is 0 Å². The monoisotopic (exact) mass is 248 g/mol. The highest BCUT2D eigenvalue weighted by atomic mass is 16.2. The normalized spacial score (nSPS) is 13.4. The van der Waals surface area contributed by atoms with Crippen LogP contribution in [0.1, 0.15) is 40.2 Å². The molecule has 0 heterocycles. The molecule has 0 saturated heterocycles. The number of carbonyl (C=O) groups excluding carboxylic acids is 1. The van der Waals surface area contributed by atoms with Crippen molar-refractivity contribution in [3.63, 3.8) is 0 Å². The second-order valence-corrected chi connectivity index (χ2v) is 5.75. The molecule has 3 heteroatoms. The van der Waals surface area contributed by atoms with Crippen LogP contribution in [0.4, 0.5) is 5.69 Å². The minimum Gasteiger partial charge on any atom is -0.399 e. The van der Waals surface area contributed by atoms with Gasteiger partial charge >= 0.3 is 0 Å². The number of nitrogens with one attached hydrogen (secondary N) is 1. The molecule has 1 unspecified atom stereocenters. The Hall–Kier alpha value is -1.51. The molecule has 0 bridgehead atoms. The molecule has 1 amide bonds. The van der Waals surface area contributed by atoms with Gasteiger partial charge in [0.1, 0.15) is 0 Å². The first-order valence-electron chi connectivity index (χ1n) is 6.42. The Kier molecular flexibility index (Phi) is 4.38. The van der Waals surface area contributed by atoms with Crippen molar-refractivity contribution < 1.29 is 4.79 Å². The van der Waals surface area contributed by atoms with E-state index in [1.165, 1.54) is 0 Å². The Labute approximate surface area is 110 Å². The molecule has 0 spiro atoms. The maximum atomic E-state index is 12.3. The van der Waals surface area contributed by atoms with Gasteiger partial charge in [0.25, 0.3) is 0 Å². The molecule has 0 aliphatic rings. The largest absolute Gasteiger partial charge is 0.399 e. The third-order valence-electron chi connectivity index (χ3n) is 3.56. The van der Waals surface area contributed by atoms with E-state index in [0.717, 1.165) is 5.56 Å². The minimum absolute atomic E-state index is 0.0495. The molecule has 100 valence electrons. The molecule has 1 aromatic carbocycles. The first-order chi connectivity index (χ1) is 8.25. The topological polar surface area (TPSA) is 55.1 Å². The molecule has 3 nitrogen and oxygen atoms in total. The van der Waals surface area contributed by atoms with Crippen LogP contribution in [-0.4, -0.2) is 11.9 Å². The molecular formula is C15H24N2O. The molecule has 0 aromatic heterocycles. The average Bonchev–Trinajstić information content (AvgIpc) is 2.29. The average molecular weight is 248 g/mol. The van der Waals surface area contributed by atoms with Crippen molar-refractivity contribution in [2.45, 2.75) is 46.1 Å². The predicted octanol–water partition coefficient (Wildman–Crippen LogP) is 2.71. The fourth-order valence-electron chi connectivity index (χ4n) is 1.58. The van der Waals surface area contributed by atoms with Crippen LogP contribution in [0.5, 0.6) is 0 Å². The molecule has 0 aliphatic carbocycles. The van der Waals surface area contributed by atoms with Crippen molar-refractivity contribution in [1.29, 1.82) is 0 Å². The summed E-state index contributed by atoms with van der Waals surface area (Å²) in [6.45, 7) is 10.1. The van der Waals surface area contributed by atoms with E-state index in [9.17, 15) is 4.79 Å². The lowest BCUT2D eigenvalue weighted by molar-refractivity contribution is -0.126. The summed E-state index contributed by atoms with van der Waals surface area (Å²) in [5, 5.41) is 3.06. The van der Waals surface area contributed by atoms with Gasteiger partial charge in [-0.3, -0.25) is 4.79 Å². The van der Waals surface area contributed by atoms with Crippen LogP contribution in [0, 0.1) is 5.92 Å². The summed E-state index contributed by atoms with van der Waals surface area (Å²) in [5.74, 6) is 0.477. The number of carbonyl (C=O) groups is 1. The molecule has 0 aliphatic heterocycles. The lowest BCUT2D eigenvalue weighted by Gasteiger charge is -2.28. The molecule has 18 heavy (non-hydrogen) atoms. The Morgan fingerprint density at radius 1 is 1.17 bits per heavy atom. The quantitative estimate of drug-likeness (QED) is 0.805. The van der Waals surface area contributed by atoms with Gasteiger partial charge in [0.15, 0.2) is 0 Å². The van der Waals surface area contributed by atoms with Crippen molar-refractivity contribution in [2.24, 2.45) is 5.92 Å². The van der Waals surface area contributed by atoms with Crippen molar-refractivity contribution in [1.82, 2.24) is 5.32 Å². The molecule has 0 radical (unpaired) electrons. The number of hydrogen-bond acceptors (Lipinski definition) is 2. The van der Waals surface area contributed by atoms with Crippen molar-refractivity contribution >= 4 is 11.6 Å². The predicted molar refractivity (Wildman–Crippen MR) is 76.3 cm³/mol. The maximum absolute atomic E-state index is 12.3. The highest BCUT2D eigenvalue weighted by Gasteiger charge is 2.30. The van der Waals surface area contributed by atoms with Crippen LogP contribution in [0.15, 0.2) is 24.3 Å². The Morgan fingerprint density at radius 2 is 1.67 bits per heavy atom. The zero-order valence-corrected chi connectivity index (χ0v) is 11.9. The van der Waals surface area contributed by atoms with Gasteiger partial charge in [-0.25, -0.2) is 0 Å². The zero-order valence-electron chi connectivity index (χ0n) is 11.9. The number of rotatable bonds is 4. The SMILES string of the molecule is CC(C)C(C)NC(=O)C(C)(C)c1ccc(N)cc1. The van der Waals surface area contributed by atoms with Gasteiger partial charge in [0, 0.05) is 11.7 Å². The Morgan fingerprint density at radius 3 is 2.11 bits per heavy atom. The molecule has 1 rings (SSSR count). The third-order valence-corrected chi connectivity index (χ3v) is 3.56. The summed E-state index contributed by atoms with van der Waals surface area (Å²) in [4.78, 5) is 12.3. The van der Waals surface area contributed by atoms with Gasteiger partial charge in [-0.1, -0.05) is 26.0 Å². The number of nitrogen functional groups attached to an aromatic ring is 1. The van der Waals surface area contributed by atoms with Gasteiger partial charge in [-0.15, -0.1) is 0 Å². The molecule has 0 fully saturated rings. The number of nitrogens with two attached hydrogens (primary N) is 1. The Bertz CT molecular complexity index is 407. The van der Waals surface area contributed by atoms with Gasteiger partial charge < -0.3 is 11.1 Å². The third kappa shape index (κ3) is 3.25. The van der Waals surface area contributed by atoms with Gasteiger partial charge in [-0.2, -0.15) is 0 Å². The minimum atomic E-state index is -0.545. The molecule has 3 N–H and O–H groups in total. The highest BCUT2D eigenvalue weighted by Crippen LogP contribution is 2.24. The van der Waals surface area contributed by atoms with Crippen LogP contribution in [0.25, 0.3) is 0 Å². The smallest absolute Gasteiger partial charge is 0.230 e. The second kappa shape index (κ2) is 5.42. The van der Waals surface area contributed by atoms with E-state index >= 15 is 0 Å². The Balaban J connectivity index is 2.85. The summed E-state index contributed by atoms with van der Waals surface area (Å²) in [5.41, 5.74) is 6.81. The van der Waals surface area contributed by atoms with Crippen LogP contribution in [-0.2, 0) is 10.2 Å². The second-order valence-electron chi connectivity index (χ2n) is 5.75. The molecule has 1 aromatic rings. The van der Waals surface area contributed by atoms with Crippen molar-refractivity contribution in [3.05, 3.63) is 29.8 Å². The molecular weight excluding hydrogens is 224 g/mol. The standard InChI is InChI=1S/C15H24N2O/c1-10(2)11(3)17-14(18)15(4,5)12-6-8-13(16)9-7-12/h6-11H,16H2,1-5H3,(H,17,18). The van der Waals surface area contributed by atoms with E-state index in [-0.39, 0.29) is 11.9 Å². The van der Waals surface area contributed by atoms with Crippen LogP contribution < -0.4 is 11.1 Å². The van der Waals surface area contributed by atoms with E-state index in [1.807, 2.05) is 45.0 Å². The summed E-state index contributed by atoms with van der Waals surface area (Å²) in [6.07, 6.45) is 0. The molecule has 1 atom stereocenters. The summed E-state index contributed by atoms with van der Waals surface area (Å²) in [6, 6.07) is 7.65. The fourth-order valence-corrected chi connectivity index (χ4v) is 1.58. The number of benzene rings is 1. The van der Waals surface area contributed by atoms with Gasteiger partial charge in [-0.05, 0) is 44.4 Å². The highest BCUT2D eigenvalue weighted by molar-refractivity contribution is 5.87. The van der Waals surface area contributed by atoms with E-state index in [2.05, 4.69) is 19.2 Å². The lowest BCUT2D eigenvalue weighted by Crippen LogP contribution is -2.45. The van der Waals surface area contributed by atoms with E-state index < -0.39 is 5.41 Å². The van der Waals surface area contributed by atoms with Crippen molar-refractivity contribution in [3.8, 4) is 0 Å². The zero-order chi connectivity index (χ0) is 13.9. The summed E-state index contributed by atoms with van der Waals surface area (Å²) >= 11 is 0. The van der Waals surface area contributed by atoms with Gasteiger partial charge in [0.2, 0.25) is 5.91 Å². The molecule has 0 saturated carbocycles. The first-order valence-corrected chi connectivity index (χ1v) is 6.42. The van der Waals surface area contributed by atoms with Crippen molar-refractivity contribution in [2.75, 3.05) is 5.73 Å². The number of hydrogen-bond donors (Lipinski definition) is 2. The van der Waals surface area contributed by atoms with Crippen LogP contribution in [0.3, 0.4) is 0 Å². The van der Waals surface area contributed by atoms with E-state index in [0.29, 0.717) is 11.6 Å². The lowest BCUT2D eigenvalue weighted by atomic mass is 9.83. The first kappa shape index (κ1) is 14.6. The van der Waals surface area contributed by atoms with E-state index in [4.69, 9.17) is 5.73 Å². The van der Waals surface area contributed by atoms with E-state index in [1.54, 1.807) is 0 Å². The van der Waals surface area contributed by atoms with Crippen LogP contribution in [0.2, 0.25) is 0 Å². The summed E-state index contributed by atoms with van der Waals surface area (Å²) in [7, 11) is 0. The van der Waals surface area contributed by atoms with Gasteiger partial charge in [0.05, 0.1) is 5.41 Å². The summed E-state index contributed by atoms with van der Waals surface area (Å²) < 4.78 is 0. The fraction of sp³-hybridized carbons (Fsp3) is 0.533. The maximum Gasteiger partial charge on any atom is 0.230 e. The number of anilines is 1. The number of amides is 1.